The number of nitrogens with zero attached hydrogens (tertiary/aromatic N) is 4. The quantitative estimate of drug-likeness (QED) is 0.367. The first-order valence-electron chi connectivity index (χ1n) is 7.88. The Bertz CT molecular complexity index is 840. The van der Waals surface area contributed by atoms with Crippen LogP contribution in [0.4, 0.5) is 5.95 Å². The highest BCUT2D eigenvalue weighted by atomic mass is 32.2. The fraction of sp³-hybridized carbons (Fsp3) is 0.312. The van der Waals surface area contributed by atoms with Crippen LogP contribution >= 0.6 is 21.0 Å². The van der Waals surface area contributed by atoms with E-state index in [1.807, 2.05) is 35.8 Å². The Morgan fingerprint density at radius 3 is 2.76 bits per heavy atom. The average molecular weight is 377 g/mol. The molecule has 0 saturated carbocycles. The van der Waals surface area contributed by atoms with Crippen LogP contribution in [0.5, 0.6) is 5.75 Å². The summed E-state index contributed by atoms with van der Waals surface area (Å²) < 4.78 is 12.8. The second kappa shape index (κ2) is 8.47. The number of hydrogen-bond donors (Lipinski definition) is 1. The number of nitrogens with two attached hydrogens (primary N) is 1. The van der Waals surface area contributed by atoms with Crippen molar-refractivity contribution in [2.45, 2.75) is 23.4 Å². The van der Waals surface area contributed by atoms with Crippen molar-refractivity contribution >= 4 is 38.1 Å². The van der Waals surface area contributed by atoms with Gasteiger partial charge in [-0.2, -0.15) is 4.98 Å². The van der Waals surface area contributed by atoms with Gasteiger partial charge in [-0.15, -0.1) is 9.24 Å². The predicted octanol–water partition coefficient (Wildman–Crippen LogP) is 2.81. The Morgan fingerprint density at radius 2 is 2.04 bits per heavy atom. The Labute approximate surface area is 152 Å². The van der Waals surface area contributed by atoms with Gasteiger partial charge >= 0.3 is 0 Å². The molecule has 1 atom stereocenters. The number of fused-ring (bicyclic) bond motifs is 1. The Kier molecular flexibility index (Phi) is 6.07. The highest BCUT2D eigenvalue weighted by Gasteiger charge is 2.13. The molecule has 0 spiro atoms. The van der Waals surface area contributed by atoms with Gasteiger partial charge in [0.05, 0.1) is 25.9 Å². The van der Waals surface area contributed by atoms with Gasteiger partial charge in [0.2, 0.25) is 5.95 Å². The molecule has 0 aliphatic rings. The van der Waals surface area contributed by atoms with Crippen LogP contribution in [-0.4, -0.2) is 39.1 Å². The summed E-state index contributed by atoms with van der Waals surface area (Å²) in [4.78, 5) is 14.2. The third-order valence-electron chi connectivity index (χ3n) is 3.39. The monoisotopic (exact) mass is 377 g/mol. The molecule has 1 unspecified atom stereocenters. The Hall–Kier alpha value is -1.89. The number of aromatic nitrogens is 4. The largest absolute Gasteiger partial charge is 0.494 e. The molecule has 2 heterocycles. The number of nitrogen functional groups attached to an aromatic ring is 1. The van der Waals surface area contributed by atoms with Crippen molar-refractivity contribution in [3.8, 4) is 5.75 Å². The fourth-order valence-electron chi connectivity index (χ4n) is 2.30. The van der Waals surface area contributed by atoms with Crippen molar-refractivity contribution in [3.05, 3.63) is 30.6 Å². The molecule has 2 aromatic heterocycles. The van der Waals surface area contributed by atoms with E-state index in [2.05, 4.69) is 24.2 Å². The molecule has 132 valence electrons. The third-order valence-corrected chi connectivity index (χ3v) is 4.61. The Morgan fingerprint density at radius 1 is 1.24 bits per heavy atom. The van der Waals surface area contributed by atoms with E-state index < -0.39 is 0 Å². The number of hydrogen-bond acceptors (Lipinski definition) is 7. The molecule has 0 aliphatic heterocycles. The molecular formula is C16H20N5O2PS. The second-order valence-corrected chi connectivity index (χ2v) is 6.47. The van der Waals surface area contributed by atoms with Gasteiger partial charge in [0.15, 0.2) is 5.65 Å². The van der Waals surface area contributed by atoms with E-state index in [-0.39, 0.29) is 5.95 Å². The van der Waals surface area contributed by atoms with E-state index in [9.17, 15) is 0 Å². The fourth-order valence-corrected chi connectivity index (χ4v) is 3.34. The molecule has 0 amide bonds. The van der Waals surface area contributed by atoms with Gasteiger partial charge in [0.25, 0.3) is 0 Å². The lowest BCUT2D eigenvalue weighted by Crippen LogP contribution is -2.06. The summed E-state index contributed by atoms with van der Waals surface area (Å²) >= 11 is 1.50. The molecule has 0 fully saturated rings. The molecule has 9 heteroatoms. The van der Waals surface area contributed by atoms with Crippen LogP contribution in [0.25, 0.3) is 11.2 Å². The highest BCUT2D eigenvalue weighted by molar-refractivity contribution is 7.99. The molecule has 1 aromatic carbocycles. The number of benzene rings is 1. The van der Waals surface area contributed by atoms with Gasteiger partial charge in [-0.3, -0.25) is 0 Å². The first-order chi connectivity index (χ1) is 12.2. The van der Waals surface area contributed by atoms with E-state index in [4.69, 9.17) is 15.2 Å². The van der Waals surface area contributed by atoms with Crippen molar-refractivity contribution in [2.75, 3.05) is 25.3 Å². The summed E-state index contributed by atoms with van der Waals surface area (Å²) in [6.45, 7) is 3.85. The summed E-state index contributed by atoms with van der Waals surface area (Å²) in [5, 5.41) is 0.734. The maximum Gasteiger partial charge on any atom is 0.223 e. The van der Waals surface area contributed by atoms with Crippen LogP contribution < -0.4 is 10.5 Å². The lowest BCUT2D eigenvalue weighted by Gasteiger charge is -2.07. The van der Waals surface area contributed by atoms with E-state index in [1.54, 1.807) is 6.33 Å². The minimum Gasteiger partial charge on any atom is -0.494 e. The zero-order valence-corrected chi connectivity index (χ0v) is 15.9. The van der Waals surface area contributed by atoms with E-state index in [0.717, 1.165) is 21.2 Å². The number of ether oxygens (including phenoxy) is 2. The summed E-state index contributed by atoms with van der Waals surface area (Å²) in [5.74, 6) is 1.08. The van der Waals surface area contributed by atoms with Crippen LogP contribution in [0.1, 0.15) is 6.92 Å². The van der Waals surface area contributed by atoms with Crippen LogP contribution in [0.15, 0.2) is 40.5 Å². The topological polar surface area (TPSA) is 88.1 Å². The van der Waals surface area contributed by atoms with E-state index >= 15 is 0 Å². The minimum absolute atomic E-state index is 0.231. The van der Waals surface area contributed by atoms with Crippen LogP contribution in [-0.2, 0) is 11.3 Å². The number of rotatable bonds is 8. The second-order valence-electron chi connectivity index (χ2n) is 5.08. The molecule has 3 rings (SSSR count). The normalized spacial score (nSPS) is 11.1. The summed E-state index contributed by atoms with van der Waals surface area (Å²) in [6, 6.07) is 7.85. The van der Waals surface area contributed by atoms with Gasteiger partial charge < -0.3 is 19.8 Å². The molecule has 0 radical (unpaired) electrons. The third kappa shape index (κ3) is 4.39. The van der Waals surface area contributed by atoms with Crippen LogP contribution in [0.3, 0.4) is 0 Å². The molecule has 2 N–H and O–H groups in total. The molecule has 25 heavy (non-hydrogen) atoms. The van der Waals surface area contributed by atoms with Gasteiger partial charge in [-0.25, -0.2) is 9.97 Å². The molecule has 0 bridgehead atoms. The number of imidazole rings is 1. The SMILES string of the molecule is CCOc1ccc(Sc2nc(N)nc3c2ncn3CCOCP)cc1. The van der Waals surface area contributed by atoms with Gasteiger partial charge in [-0.1, -0.05) is 11.8 Å². The standard InChI is InChI=1S/C16H20N5O2PS/c1-2-23-11-3-5-12(6-4-11)25-15-13-14(19-16(17)20-15)21(9-18-13)7-8-22-10-24/h3-6,9H,2,7-8,10,24H2,1H3,(H2,17,19,20). The predicted molar refractivity (Wildman–Crippen MR) is 102 cm³/mol. The van der Waals surface area contributed by atoms with Crippen molar-refractivity contribution in [1.29, 1.82) is 0 Å². The van der Waals surface area contributed by atoms with Crippen LogP contribution in [0.2, 0.25) is 0 Å². The van der Waals surface area contributed by atoms with Crippen molar-refractivity contribution in [1.82, 2.24) is 19.5 Å². The van der Waals surface area contributed by atoms with Crippen molar-refractivity contribution < 1.29 is 9.47 Å². The van der Waals surface area contributed by atoms with Crippen LogP contribution in [0, 0.1) is 0 Å². The first-order valence-corrected chi connectivity index (χ1v) is 9.51. The van der Waals surface area contributed by atoms with Crippen molar-refractivity contribution in [3.63, 3.8) is 0 Å². The maximum absolute atomic E-state index is 5.89. The summed E-state index contributed by atoms with van der Waals surface area (Å²) in [6.07, 6.45) is 2.34. The summed E-state index contributed by atoms with van der Waals surface area (Å²) in [7, 11) is 2.53. The molecule has 7 nitrogen and oxygen atoms in total. The maximum atomic E-state index is 5.89. The van der Waals surface area contributed by atoms with E-state index in [1.165, 1.54) is 11.8 Å². The lowest BCUT2D eigenvalue weighted by atomic mass is 10.3. The zero-order chi connectivity index (χ0) is 17.6. The Balaban J connectivity index is 1.85. The molecular weight excluding hydrogens is 357 g/mol. The lowest BCUT2D eigenvalue weighted by molar-refractivity contribution is 0.173. The van der Waals surface area contributed by atoms with Crippen molar-refractivity contribution in [2.24, 2.45) is 0 Å². The molecule has 0 aliphatic carbocycles. The van der Waals surface area contributed by atoms with Gasteiger partial charge in [-0.05, 0) is 31.2 Å². The van der Waals surface area contributed by atoms with Gasteiger partial charge in [0.1, 0.15) is 16.3 Å². The molecule has 3 aromatic rings. The van der Waals surface area contributed by atoms with E-state index in [0.29, 0.717) is 31.8 Å². The minimum atomic E-state index is 0.231. The average Bonchev–Trinajstić information content (AvgIpc) is 3.00. The van der Waals surface area contributed by atoms with Gasteiger partial charge in [0, 0.05) is 11.4 Å². The summed E-state index contributed by atoms with van der Waals surface area (Å²) in [5.41, 5.74) is 7.34. The molecule has 0 saturated heterocycles. The smallest absolute Gasteiger partial charge is 0.223 e. The first kappa shape index (κ1) is 17.9. The number of anilines is 1. The zero-order valence-electron chi connectivity index (χ0n) is 13.9. The highest BCUT2D eigenvalue weighted by Crippen LogP contribution is 2.32.